The van der Waals surface area contributed by atoms with Crippen LogP contribution in [0.4, 0.5) is 22.0 Å². The van der Waals surface area contributed by atoms with Gasteiger partial charge in [-0.15, -0.1) is 0 Å². The number of fused-ring (bicyclic) bond motifs is 1. The van der Waals surface area contributed by atoms with Crippen LogP contribution >= 0.6 is 0 Å². The fourth-order valence-electron chi connectivity index (χ4n) is 1.70. The summed E-state index contributed by atoms with van der Waals surface area (Å²) in [6.45, 7) is 1.09. The van der Waals surface area contributed by atoms with E-state index >= 15 is 0 Å². The summed E-state index contributed by atoms with van der Waals surface area (Å²) < 4.78 is 74.0. The van der Waals surface area contributed by atoms with E-state index in [1.54, 1.807) is 0 Å². The van der Waals surface area contributed by atoms with Gasteiger partial charge in [0.05, 0.1) is 12.2 Å². The molecule has 0 aliphatic carbocycles. The fraction of sp³-hybridized carbons (Fsp3) is 0.308. The molecule has 0 spiro atoms. The van der Waals surface area contributed by atoms with Crippen molar-refractivity contribution in [1.82, 2.24) is 0 Å². The Kier molecular flexibility index (Phi) is 3.65. The van der Waals surface area contributed by atoms with Crippen molar-refractivity contribution in [3.05, 3.63) is 35.6 Å². The summed E-state index contributed by atoms with van der Waals surface area (Å²) in [6, 6.07) is 2.99. The van der Waals surface area contributed by atoms with Gasteiger partial charge in [-0.25, -0.2) is 4.79 Å². The van der Waals surface area contributed by atoms with E-state index in [9.17, 15) is 26.7 Å². The molecule has 0 radical (unpaired) electrons. The highest BCUT2D eigenvalue weighted by atomic mass is 19.4. The molecular weight excluding hydrogens is 299 g/mol. The molecule has 0 unspecified atom stereocenters. The summed E-state index contributed by atoms with van der Waals surface area (Å²) in [5.41, 5.74) is -1.18. The molecule has 0 N–H and O–H groups in total. The normalized spacial score (nSPS) is 12.7. The van der Waals surface area contributed by atoms with E-state index in [4.69, 9.17) is 4.42 Å². The molecule has 2 aromatic rings. The topological polar surface area (TPSA) is 39.4 Å². The van der Waals surface area contributed by atoms with E-state index in [-0.39, 0.29) is 17.6 Å². The number of benzene rings is 1. The molecule has 0 amide bonds. The van der Waals surface area contributed by atoms with Gasteiger partial charge in [-0.3, -0.25) is 0 Å². The van der Waals surface area contributed by atoms with Crippen LogP contribution in [0.25, 0.3) is 11.0 Å². The second-order valence-electron chi connectivity index (χ2n) is 4.16. The molecule has 3 nitrogen and oxygen atoms in total. The first-order valence-corrected chi connectivity index (χ1v) is 5.82. The molecule has 0 saturated carbocycles. The van der Waals surface area contributed by atoms with Gasteiger partial charge in [0.15, 0.2) is 5.76 Å². The minimum atomic E-state index is -4.60. The maximum atomic E-state index is 13.7. The molecule has 8 heteroatoms. The number of esters is 1. The Hall–Kier alpha value is -2.12. The van der Waals surface area contributed by atoms with Crippen molar-refractivity contribution in [2.45, 2.75) is 19.0 Å². The molecule has 2 rings (SSSR count). The van der Waals surface area contributed by atoms with E-state index in [2.05, 4.69) is 4.74 Å². The number of rotatable bonds is 3. The highest BCUT2D eigenvalue weighted by molar-refractivity contribution is 5.83. The minimum absolute atomic E-state index is 0.177. The molecule has 0 bridgehead atoms. The van der Waals surface area contributed by atoms with Crippen LogP contribution < -0.4 is 0 Å². The lowest BCUT2D eigenvalue weighted by molar-refractivity contribution is -0.175. The predicted molar refractivity (Wildman–Crippen MR) is 61.7 cm³/mol. The van der Waals surface area contributed by atoms with Gasteiger partial charge in [-0.05, 0) is 31.2 Å². The molecule has 1 heterocycles. The lowest BCUT2D eigenvalue weighted by Gasteiger charge is -2.11. The SMILES string of the molecule is CCOC(=O)C(F)(F)c1cc2cc(C(F)(F)F)ccc2o1. The van der Waals surface area contributed by atoms with Crippen LogP contribution in [0.2, 0.25) is 0 Å². The van der Waals surface area contributed by atoms with Crippen LogP contribution in [0, 0.1) is 0 Å². The van der Waals surface area contributed by atoms with Crippen molar-refractivity contribution < 1.29 is 35.9 Å². The van der Waals surface area contributed by atoms with Gasteiger partial charge in [0.1, 0.15) is 5.58 Å². The largest absolute Gasteiger partial charge is 0.461 e. The second-order valence-corrected chi connectivity index (χ2v) is 4.16. The van der Waals surface area contributed by atoms with Crippen molar-refractivity contribution in [3.63, 3.8) is 0 Å². The summed E-state index contributed by atoms with van der Waals surface area (Å²) in [4.78, 5) is 11.2. The molecule has 1 aromatic carbocycles. The van der Waals surface area contributed by atoms with E-state index in [0.29, 0.717) is 18.2 Å². The third-order valence-electron chi connectivity index (χ3n) is 2.68. The molecule has 0 saturated heterocycles. The third-order valence-corrected chi connectivity index (χ3v) is 2.68. The van der Waals surface area contributed by atoms with E-state index in [0.717, 1.165) is 6.07 Å². The number of carbonyl (C=O) groups excluding carboxylic acids is 1. The Bertz CT molecular complexity index is 672. The number of halogens is 5. The number of carbonyl (C=O) groups is 1. The highest BCUT2D eigenvalue weighted by Gasteiger charge is 2.46. The van der Waals surface area contributed by atoms with E-state index < -0.39 is 29.4 Å². The van der Waals surface area contributed by atoms with Gasteiger partial charge >= 0.3 is 18.1 Å². The summed E-state index contributed by atoms with van der Waals surface area (Å²) in [6.07, 6.45) is -4.60. The summed E-state index contributed by atoms with van der Waals surface area (Å²) in [5.74, 6) is -6.94. The number of furan rings is 1. The second kappa shape index (κ2) is 5.01. The minimum Gasteiger partial charge on any atom is -0.461 e. The number of hydrogen-bond donors (Lipinski definition) is 0. The molecule has 0 aliphatic heterocycles. The Morgan fingerprint density at radius 3 is 2.43 bits per heavy atom. The van der Waals surface area contributed by atoms with Crippen LogP contribution in [0.15, 0.2) is 28.7 Å². The summed E-state index contributed by atoms with van der Waals surface area (Å²) in [7, 11) is 0. The van der Waals surface area contributed by atoms with Crippen molar-refractivity contribution in [1.29, 1.82) is 0 Å². The van der Waals surface area contributed by atoms with Crippen LogP contribution in [0.5, 0.6) is 0 Å². The van der Waals surface area contributed by atoms with E-state index in [1.807, 2.05) is 0 Å². The lowest BCUT2D eigenvalue weighted by Crippen LogP contribution is -2.27. The number of alkyl halides is 5. The first-order chi connectivity index (χ1) is 9.66. The zero-order chi connectivity index (χ0) is 15.8. The van der Waals surface area contributed by atoms with Crippen molar-refractivity contribution in [2.75, 3.05) is 6.61 Å². The van der Waals surface area contributed by atoms with Gasteiger partial charge in [0.2, 0.25) is 0 Å². The molecular formula is C13H9F5O3. The molecule has 0 atom stereocenters. The summed E-state index contributed by atoms with van der Waals surface area (Å²) >= 11 is 0. The average molecular weight is 308 g/mol. The fourth-order valence-corrected chi connectivity index (χ4v) is 1.70. The lowest BCUT2D eigenvalue weighted by atomic mass is 10.1. The first-order valence-electron chi connectivity index (χ1n) is 5.82. The number of ether oxygens (including phenoxy) is 1. The maximum Gasteiger partial charge on any atom is 0.416 e. The van der Waals surface area contributed by atoms with Gasteiger partial charge in [-0.2, -0.15) is 22.0 Å². The standard InChI is InChI=1S/C13H9F5O3/c1-2-20-11(19)12(14,15)10-6-7-5-8(13(16,17)18)3-4-9(7)21-10/h3-6H,2H2,1H3. The van der Waals surface area contributed by atoms with Crippen LogP contribution in [-0.4, -0.2) is 12.6 Å². The smallest absolute Gasteiger partial charge is 0.416 e. The van der Waals surface area contributed by atoms with Gasteiger partial charge in [0, 0.05) is 5.39 Å². The quantitative estimate of drug-likeness (QED) is 0.633. The Morgan fingerprint density at radius 2 is 1.86 bits per heavy atom. The average Bonchev–Trinajstić information content (AvgIpc) is 2.81. The molecule has 0 fully saturated rings. The third kappa shape index (κ3) is 2.84. The summed E-state index contributed by atoms with van der Waals surface area (Å²) in [5, 5.41) is -0.177. The Labute approximate surface area is 115 Å². The monoisotopic (exact) mass is 308 g/mol. The van der Waals surface area contributed by atoms with Crippen molar-refractivity contribution >= 4 is 16.9 Å². The number of hydrogen-bond acceptors (Lipinski definition) is 3. The Balaban J connectivity index is 2.46. The van der Waals surface area contributed by atoms with Gasteiger partial charge in [0.25, 0.3) is 0 Å². The maximum absolute atomic E-state index is 13.7. The molecule has 1 aromatic heterocycles. The molecule has 114 valence electrons. The van der Waals surface area contributed by atoms with Crippen molar-refractivity contribution in [2.24, 2.45) is 0 Å². The molecule has 0 aliphatic rings. The van der Waals surface area contributed by atoms with Gasteiger partial charge < -0.3 is 9.15 Å². The van der Waals surface area contributed by atoms with Crippen molar-refractivity contribution in [3.8, 4) is 0 Å². The van der Waals surface area contributed by atoms with Crippen LogP contribution in [-0.2, 0) is 21.6 Å². The van der Waals surface area contributed by atoms with Crippen LogP contribution in [0.3, 0.4) is 0 Å². The predicted octanol–water partition coefficient (Wildman–Crippen LogP) is 4.11. The zero-order valence-electron chi connectivity index (χ0n) is 10.6. The van der Waals surface area contributed by atoms with Gasteiger partial charge in [-0.1, -0.05) is 0 Å². The first kappa shape index (κ1) is 15.3. The Morgan fingerprint density at radius 1 is 1.19 bits per heavy atom. The van der Waals surface area contributed by atoms with E-state index in [1.165, 1.54) is 6.92 Å². The van der Waals surface area contributed by atoms with Crippen LogP contribution in [0.1, 0.15) is 18.2 Å². The molecule has 21 heavy (non-hydrogen) atoms. The highest BCUT2D eigenvalue weighted by Crippen LogP contribution is 2.36. The zero-order valence-corrected chi connectivity index (χ0v) is 10.6.